The molecule has 2 atom stereocenters. The van der Waals surface area contributed by atoms with E-state index in [0.29, 0.717) is 18.0 Å². The molecule has 0 radical (unpaired) electrons. The summed E-state index contributed by atoms with van der Waals surface area (Å²) in [5.41, 5.74) is 1.31. The molecule has 3 aliphatic rings. The van der Waals surface area contributed by atoms with Gasteiger partial charge in [-0.25, -0.2) is 0 Å². The molecule has 4 heterocycles. The Hall–Kier alpha value is -2.02. The molecular formula is C23H29N3O3. The van der Waals surface area contributed by atoms with Gasteiger partial charge in [-0.3, -0.25) is 14.7 Å². The molecule has 1 spiro atoms. The Morgan fingerprint density at radius 3 is 2.93 bits per heavy atom. The third kappa shape index (κ3) is 3.89. The lowest BCUT2D eigenvalue weighted by Gasteiger charge is -2.40. The Labute approximate surface area is 171 Å². The number of para-hydroxylation sites is 1. The zero-order valence-electron chi connectivity index (χ0n) is 16.9. The predicted molar refractivity (Wildman–Crippen MR) is 111 cm³/mol. The van der Waals surface area contributed by atoms with Crippen molar-refractivity contribution in [1.29, 1.82) is 0 Å². The molecule has 3 fully saturated rings. The van der Waals surface area contributed by atoms with Crippen LogP contribution < -0.4 is 0 Å². The van der Waals surface area contributed by atoms with Gasteiger partial charge in [0.15, 0.2) is 0 Å². The van der Waals surface area contributed by atoms with Crippen LogP contribution in [-0.2, 0) is 9.47 Å². The van der Waals surface area contributed by atoms with Crippen molar-refractivity contribution in [3.05, 3.63) is 42.1 Å². The lowest BCUT2D eigenvalue weighted by molar-refractivity contribution is -0.0451. The molecule has 2 aromatic rings. The van der Waals surface area contributed by atoms with Gasteiger partial charge < -0.3 is 14.4 Å². The van der Waals surface area contributed by atoms with E-state index in [2.05, 4.69) is 9.88 Å². The van der Waals surface area contributed by atoms with E-state index < -0.39 is 0 Å². The van der Waals surface area contributed by atoms with Crippen molar-refractivity contribution in [3.63, 3.8) is 0 Å². The van der Waals surface area contributed by atoms with Crippen LogP contribution in [0, 0.1) is 5.92 Å². The highest BCUT2D eigenvalue weighted by molar-refractivity contribution is 6.05. The second-order valence-corrected chi connectivity index (χ2v) is 8.69. The number of hydrogen-bond acceptors (Lipinski definition) is 5. The van der Waals surface area contributed by atoms with Crippen LogP contribution in [0.3, 0.4) is 0 Å². The summed E-state index contributed by atoms with van der Waals surface area (Å²) in [6, 6.07) is 9.77. The summed E-state index contributed by atoms with van der Waals surface area (Å²) in [6.45, 7) is 7.06. The number of morpholine rings is 1. The number of likely N-dealkylation sites (tertiary alicyclic amines) is 1. The lowest BCUT2D eigenvalue weighted by Crippen LogP contribution is -2.50. The van der Waals surface area contributed by atoms with E-state index in [-0.39, 0.29) is 11.5 Å². The zero-order valence-corrected chi connectivity index (χ0v) is 16.9. The number of rotatable bonds is 3. The Kier molecular flexibility index (Phi) is 5.24. The average molecular weight is 396 g/mol. The molecule has 0 unspecified atom stereocenters. The molecule has 5 rings (SSSR count). The largest absolute Gasteiger partial charge is 0.379 e. The second kappa shape index (κ2) is 8.01. The van der Waals surface area contributed by atoms with E-state index in [4.69, 9.17) is 9.47 Å². The number of fused-ring (bicyclic) bond motifs is 1. The van der Waals surface area contributed by atoms with Gasteiger partial charge in [0.25, 0.3) is 5.91 Å². The molecule has 3 saturated heterocycles. The third-order valence-electron chi connectivity index (χ3n) is 6.60. The van der Waals surface area contributed by atoms with Gasteiger partial charge in [-0.2, -0.15) is 0 Å². The summed E-state index contributed by atoms with van der Waals surface area (Å²) in [5.74, 6) is 0.621. The van der Waals surface area contributed by atoms with Crippen LogP contribution in [0.4, 0.5) is 0 Å². The molecule has 6 nitrogen and oxygen atoms in total. The van der Waals surface area contributed by atoms with Crippen LogP contribution in [0.15, 0.2) is 36.5 Å². The van der Waals surface area contributed by atoms with Gasteiger partial charge in [0.1, 0.15) is 0 Å². The molecule has 1 aromatic heterocycles. The van der Waals surface area contributed by atoms with Crippen LogP contribution in [0.1, 0.15) is 29.6 Å². The monoisotopic (exact) mass is 395 g/mol. The molecule has 0 aliphatic carbocycles. The first-order valence-corrected chi connectivity index (χ1v) is 10.8. The van der Waals surface area contributed by atoms with E-state index in [9.17, 15) is 4.79 Å². The number of piperidine rings is 1. The Morgan fingerprint density at radius 2 is 2.03 bits per heavy atom. The zero-order chi connectivity index (χ0) is 19.7. The van der Waals surface area contributed by atoms with Gasteiger partial charge in [-0.05, 0) is 37.3 Å². The molecule has 29 heavy (non-hydrogen) atoms. The van der Waals surface area contributed by atoms with Crippen molar-refractivity contribution < 1.29 is 14.3 Å². The van der Waals surface area contributed by atoms with Crippen LogP contribution in [0.5, 0.6) is 0 Å². The van der Waals surface area contributed by atoms with E-state index in [1.807, 2.05) is 35.2 Å². The fourth-order valence-electron chi connectivity index (χ4n) is 5.21. The van der Waals surface area contributed by atoms with Crippen molar-refractivity contribution in [2.75, 3.05) is 52.5 Å². The van der Waals surface area contributed by atoms with Crippen molar-refractivity contribution in [2.24, 2.45) is 5.92 Å². The number of pyridine rings is 1. The second-order valence-electron chi connectivity index (χ2n) is 8.69. The molecule has 0 N–H and O–H groups in total. The highest BCUT2D eigenvalue weighted by Gasteiger charge is 2.45. The first kappa shape index (κ1) is 19.0. The minimum absolute atomic E-state index is 0.0774. The van der Waals surface area contributed by atoms with Crippen molar-refractivity contribution >= 4 is 16.8 Å². The number of hydrogen-bond donors (Lipinski definition) is 0. The number of aromatic nitrogens is 1. The SMILES string of the molecule is O=C(c1cccc2cccnc12)N1CCC[C@@]2(C[C@H](CN3CCOCC3)CO2)C1. The Bertz CT molecular complexity index is 877. The molecular weight excluding hydrogens is 366 g/mol. The van der Waals surface area contributed by atoms with E-state index in [0.717, 1.165) is 76.2 Å². The summed E-state index contributed by atoms with van der Waals surface area (Å²) >= 11 is 0. The lowest BCUT2D eigenvalue weighted by atomic mass is 9.86. The number of amides is 1. The number of nitrogens with zero attached hydrogens (tertiary/aromatic N) is 3. The van der Waals surface area contributed by atoms with Gasteiger partial charge >= 0.3 is 0 Å². The molecule has 3 aliphatic heterocycles. The Morgan fingerprint density at radius 1 is 1.17 bits per heavy atom. The van der Waals surface area contributed by atoms with Gasteiger partial charge in [0.2, 0.25) is 0 Å². The smallest absolute Gasteiger partial charge is 0.256 e. The maximum Gasteiger partial charge on any atom is 0.256 e. The van der Waals surface area contributed by atoms with E-state index in [1.54, 1.807) is 6.20 Å². The molecule has 0 saturated carbocycles. The van der Waals surface area contributed by atoms with Crippen LogP contribution in [-0.4, -0.2) is 78.8 Å². The maximum absolute atomic E-state index is 13.4. The fourth-order valence-corrected chi connectivity index (χ4v) is 5.21. The first-order chi connectivity index (χ1) is 14.2. The predicted octanol–water partition coefficient (Wildman–Crippen LogP) is 2.58. The molecule has 6 heteroatoms. The summed E-state index contributed by atoms with van der Waals surface area (Å²) in [7, 11) is 0. The standard InChI is InChI=1S/C23H29N3O3/c27-22(20-6-1-4-19-5-2-8-24-21(19)20)26-9-3-7-23(17-26)14-18(16-29-23)15-25-10-12-28-13-11-25/h1-2,4-6,8,18H,3,7,9-17H2/t18-,23-/m1/s1. The number of benzene rings is 1. The highest BCUT2D eigenvalue weighted by atomic mass is 16.5. The minimum Gasteiger partial charge on any atom is -0.379 e. The Balaban J connectivity index is 1.28. The summed E-state index contributed by atoms with van der Waals surface area (Å²) in [6.07, 6.45) is 4.84. The molecule has 1 aromatic carbocycles. The number of carbonyl (C=O) groups excluding carboxylic acids is 1. The average Bonchev–Trinajstić information content (AvgIpc) is 3.15. The van der Waals surface area contributed by atoms with Crippen molar-refractivity contribution in [2.45, 2.75) is 24.9 Å². The molecule has 0 bridgehead atoms. The van der Waals surface area contributed by atoms with Crippen LogP contribution >= 0.6 is 0 Å². The van der Waals surface area contributed by atoms with Crippen molar-refractivity contribution in [1.82, 2.24) is 14.8 Å². The van der Waals surface area contributed by atoms with Crippen LogP contribution in [0.25, 0.3) is 10.9 Å². The molecule has 1 amide bonds. The van der Waals surface area contributed by atoms with E-state index in [1.165, 1.54) is 0 Å². The third-order valence-corrected chi connectivity index (χ3v) is 6.60. The fraction of sp³-hybridized carbons (Fsp3) is 0.565. The summed E-state index contributed by atoms with van der Waals surface area (Å²) in [4.78, 5) is 22.3. The topological polar surface area (TPSA) is 54.9 Å². The normalized spacial score (nSPS) is 28.3. The minimum atomic E-state index is -0.178. The van der Waals surface area contributed by atoms with Gasteiger partial charge in [-0.1, -0.05) is 18.2 Å². The summed E-state index contributed by atoms with van der Waals surface area (Å²) in [5, 5.41) is 1.01. The number of ether oxygens (including phenoxy) is 2. The van der Waals surface area contributed by atoms with Crippen LogP contribution in [0.2, 0.25) is 0 Å². The first-order valence-electron chi connectivity index (χ1n) is 10.8. The van der Waals surface area contributed by atoms with Crippen molar-refractivity contribution in [3.8, 4) is 0 Å². The molecule has 154 valence electrons. The van der Waals surface area contributed by atoms with Gasteiger partial charge in [-0.15, -0.1) is 0 Å². The quantitative estimate of drug-likeness (QED) is 0.800. The highest BCUT2D eigenvalue weighted by Crippen LogP contribution is 2.38. The van der Waals surface area contributed by atoms with Gasteiger partial charge in [0, 0.05) is 44.3 Å². The van der Waals surface area contributed by atoms with E-state index >= 15 is 0 Å². The maximum atomic E-state index is 13.4. The summed E-state index contributed by atoms with van der Waals surface area (Å²) < 4.78 is 11.8. The number of carbonyl (C=O) groups is 1. The van der Waals surface area contributed by atoms with Gasteiger partial charge in [0.05, 0.1) is 36.5 Å².